The number of carbonyl (C=O) groups is 1. The topological polar surface area (TPSA) is 81.2 Å². The number of nitrogens with two attached hydrogens (primary N) is 1. The number of halogens is 1. The molecule has 1 aromatic heterocycles. The Morgan fingerprint density at radius 3 is 2.95 bits per heavy atom. The molecule has 0 radical (unpaired) electrons. The van der Waals surface area contributed by atoms with E-state index in [1.54, 1.807) is 13.0 Å². The predicted octanol–water partition coefficient (Wildman–Crippen LogP) is 1.68. The zero-order valence-electron chi connectivity index (χ0n) is 10.7. The lowest BCUT2D eigenvalue weighted by molar-refractivity contribution is 0.0987. The van der Waals surface area contributed by atoms with Crippen LogP contribution in [0.4, 0.5) is 10.1 Å². The Kier molecular flexibility index (Phi) is 4.13. The molecule has 3 N–H and O–H groups in total. The summed E-state index contributed by atoms with van der Waals surface area (Å²) in [5.41, 5.74) is 6.36. The fourth-order valence-electron chi connectivity index (χ4n) is 1.54. The van der Waals surface area contributed by atoms with Gasteiger partial charge in [0.15, 0.2) is 0 Å². The van der Waals surface area contributed by atoms with E-state index in [1.165, 1.54) is 18.3 Å². The molecule has 0 saturated carbocycles. The van der Waals surface area contributed by atoms with Gasteiger partial charge in [0.25, 0.3) is 5.91 Å². The molecule has 1 amide bonds. The molecule has 0 bridgehead atoms. The van der Waals surface area contributed by atoms with Crippen LogP contribution in [0.3, 0.4) is 0 Å². The van der Waals surface area contributed by atoms with E-state index < -0.39 is 11.7 Å². The van der Waals surface area contributed by atoms with Crippen LogP contribution >= 0.6 is 0 Å². The average molecular weight is 273 g/mol. The molecule has 2 rings (SSSR count). The number of hydrogen-bond acceptors (Lipinski definition) is 4. The van der Waals surface area contributed by atoms with Gasteiger partial charge in [-0.1, -0.05) is 17.0 Å². The summed E-state index contributed by atoms with van der Waals surface area (Å²) < 4.78 is 18.5. The summed E-state index contributed by atoms with van der Waals surface area (Å²) in [6, 6.07) is 4.21. The lowest BCUT2D eigenvalue weighted by Gasteiger charge is -2.04. The highest BCUT2D eigenvalue weighted by Gasteiger charge is 2.14. The van der Waals surface area contributed by atoms with Crippen LogP contribution in [-0.2, 0) is 0 Å². The van der Waals surface area contributed by atoms with Gasteiger partial charge < -0.3 is 15.6 Å². The van der Waals surface area contributed by atoms with Gasteiger partial charge in [0.05, 0.1) is 18.3 Å². The molecule has 5 nitrogen and oxygen atoms in total. The Morgan fingerprint density at radius 2 is 2.35 bits per heavy atom. The molecule has 20 heavy (non-hydrogen) atoms. The van der Waals surface area contributed by atoms with Crippen molar-refractivity contribution in [2.45, 2.75) is 6.92 Å². The summed E-state index contributed by atoms with van der Waals surface area (Å²) in [5.74, 6) is 4.24. The number of aryl methyl sites for hydroxylation is 1. The van der Waals surface area contributed by atoms with Gasteiger partial charge in [0.2, 0.25) is 5.76 Å². The fraction of sp³-hybridized carbons (Fsp3) is 0.143. The van der Waals surface area contributed by atoms with Crippen molar-refractivity contribution in [2.24, 2.45) is 5.73 Å². The number of aromatic nitrogens is 1. The highest BCUT2D eigenvalue weighted by atomic mass is 19.1. The van der Waals surface area contributed by atoms with Crippen molar-refractivity contribution < 1.29 is 13.7 Å². The third kappa shape index (κ3) is 3.02. The van der Waals surface area contributed by atoms with E-state index in [0.29, 0.717) is 11.3 Å². The van der Waals surface area contributed by atoms with Crippen molar-refractivity contribution in [1.82, 2.24) is 5.16 Å². The highest BCUT2D eigenvalue weighted by molar-refractivity contribution is 6.03. The van der Waals surface area contributed by atoms with E-state index in [4.69, 9.17) is 10.3 Å². The van der Waals surface area contributed by atoms with Gasteiger partial charge in [-0.3, -0.25) is 4.79 Å². The van der Waals surface area contributed by atoms with Gasteiger partial charge in [-0.15, -0.1) is 0 Å². The van der Waals surface area contributed by atoms with Crippen molar-refractivity contribution >= 4 is 11.6 Å². The van der Waals surface area contributed by atoms with Gasteiger partial charge in [-0.05, 0) is 25.1 Å². The zero-order chi connectivity index (χ0) is 14.5. The molecule has 0 aliphatic heterocycles. The van der Waals surface area contributed by atoms with Gasteiger partial charge in [-0.2, -0.15) is 0 Å². The maximum atomic E-state index is 13.7. The lowest BCUT2D eigenvalue weighted by Crippen LogP contribution is -2.12. The third-order valence-corrected chi connectivity index (χ3v) is 2.51. The van der Waals surface area contributed by atoms with E-state index >= 15 is 0 Å². The van der Waals surface area contributed by atoms with Crippen molar-refractivity contribution in [1.29, 1.82) is 0 Å². The number of nitrogens with zero attached hydrogens (tertiary/aromatic N) is 1. The largest absolute Gasteiger partial charge is 0.351 e. The summed E-state index contributed by atoms with van der Waals surface area (Å²) in [7, 11) is 0. The van der Waals surface area contributed by atoms with Crippen molar-refractivity contribution in [2.75, 3.05) is 11.9 Å². The second kappa shape index (κ2) is 5.99. The average Bonchev–Trinajstić information content (AvgIpc) is 2.84. The van der Waals surface area contributed by atoms with Crippen LogP contribution in [0, 0.1) is 24.6 Å². The summed E-state index contributed by atoms with van der Waals surface area (Å²) in [6.07, 6.45) is 1.43. The first-order chi connectivity index (χ1) is 9.61. The molecular weight excluding hydrogens is 261 g/mol. The van der Waals surface area contributed by atoms with E-state index in [-0.39, 0.29) is 17.9 Å². The minimum atomic E-state index is -0.530. The van der Waals surface area contributed by atoms with Crippen molar-refractivity contribution in [3.63, 3.8) is 0 Å². The third-order valence-electron chi connectivity index (χ3n) is 2.51. The van der Waals surface area contributed by atoms with E-state index in [9.17, 15) is 9.18 Å². The van der Waals surface area contributed by atoms with Crippen LogP contribution in [0.25, 0.3) is 0 Å². The number of amides is 1. The van der Waals surface area contributed by atoms with Crippen LogP contribution in [0.2, 0.25) is 0 Å². The Bertz CT molecular complexity index is 698. The molecule has 2 aromatic rings. The fourth-order valence-corrected chi connectivity index (χ4v) is 1.54. The van der Waals surface area contributed by atoms with Crippen LogP contribution in [0.5, 0.6) is 0 Å². The van der Waals surface area contributed by atoms with Crippen molar-refractivity contribution in [3.05, 3.63) is 47.1 Å². The molecule has 0 aliphatic rings. The summed E-state index contributed by atoms with van der Waals surface area (Å²) >= 11 is 0. The molecule has 1 aromatic carbocycles. The number of rotatable bonds is 2. The maximum absolute atomic E-state index is 13.7. The van der Waals surface area contributed by atoms with Crippen molar-refractivity contribution in [3.8, 4) is 11.8 Å². The maximum Gasteiger partial charge on any atom is 0.294 e. The monoisotopic (exact) mass is 273 g/mol. The van der Waals surface area contributed by atoms with E-state index in [0.717, 1.165) is 0 Å². The summed E-state index contributed by atoms with van der Waals surface area (Å²) in [5, 5.41) is 6.03. The molecular formula is C14H12FN3O2. The SMILES string of the molecule is Cc1cnoc1C(=O)Nc1ccc(C#CCN)c(F)c1. The zero-order valence-corrected chi connectivity index (χ0v) is 10.7. The van der Waals surface area contributed by atoms with Gasteiger partial charge in [0, 0.05) is 11.3 Å². The normalized spacial score (nSPS) is 9.75. The molecule has 0 aliphatic carbocycles. The predicted molar refractivity (Wildman–Crippen MR) is 71.5 cm³/mol. The van der Waals surface area contributed by atoms with E-state index in [1.807, 2.05) is 0 Å². The first-order valence-electron chi connectivity index (χ1n) is 5.83. The number of nitrogens with one attached hydrogen (secondary N) is 1. The Hall–Kier alpha value is -2.65. The first kappa shape index (κ1) is 13.8. The van der Waals surface area contributed by atoms with Gasteiger partial charge in [0.1, 0.15) is 5.82 Å². The van der Waals surface area contributed by atoms with E-state index in [2.05, 4.69) is 22.3 Å². The lowest BCUT2D eigenvalue weighted by atomic mass is 10.2. The molecule has 6 heteroatoms. The van der Waals surface area contributed by atoms with Crippen LogP contribution in [0.15, 0.2) is 28.9 Å². The van der Waals surface area contributed by atoms with Crippen LogP contribution < -0.4 is 11.1 Å². The second-order valence-electron chi connectivity index (χ2n) is 3.99. The molecule has 0 spiro atoms. The molecule has 0 fully saturated rings. The Morgan fingerprint density at radius 1 is 1.55 bits per heavy atom. The molecule has 1 heterocycles. The molecule has 0 atom stereocenters. The molecule has 0 unspecified atom stereocenters. The van der Waals surface area contributed by atoms with Gasteiger partial charge in [-0.25, -0.2) is 4.39 Å². The number of hydrogen-bond donors (Lipinski definition) is 2. The first-order valence-corrected chi connectivity index (χ1v) is 5.83. The number of carbonyl (C=O) groups excluding carboxylic acids is 1. The summed E-state index contributed by atoms with van der Waals surface area (Å²) in [6.45, 7) is 1.85. The number of anilines is 1. The Labute approximate surface area is 114 Å². The van der Waals surface area contributed by atoms with Crippen LogP contribution in [-0.4, -0.2) is 17.6 Å². The highest BCUT2D eigenvalue weighted by Crippen LogP contribution is 2.16. The minimum absolute atomic E-state index is 0.0948. The molecule has 102 valence electrons. The van der Waals surface area contributed by atoms with Crippen LogP contribution in [0.1, 0.15) is 21.7 Å². The quantitative estimate of drug-likeness (QED) is 0.816. The number of benzene rings is 1. The smallest absolute Gasteiger partial charge is 0.294 e. The van der Waals surface area contributed by atoms with Gasteiger partial charge >= 0.3 is 0 Å². The minimum Gasteiger partial charge on any atom is -0.351 e. The molecule has 0 saturated heterocycles. The summed E-state index contributed by atoms with van der Waals surface area (Å²) in [4.78, 5) is 11.9. The Balaban J connectivity index is 2.17. The second-order valence-corrected chi connectivity index (χ2v) is 3.99. The standard InChI is InChI=1S/C14H12FN3O2/c1-9-8-17-20-13(9)14(19)18-11-5-4-10(3-2-6-16)12(15)7-11/h4-5,7-8H,6,16H2,1H3,(H,18,19).